The van der Waals surface area contributed by atoms with E-state index in [1.165, 1.54) is 18.4 Å². The smallest absolute Gasteiger partial charge is 0.138 e. The molecule has 5 heteroatoms. The first-order chi connectivity index (χ1) is 13.5. The summed E-state index contributed by atoms with van der Waals surface area (Å²) in [6, 6.07) is 0. The van der Waals surface area contributed by atoms with E-state index in [1.54, 1.807) is 0 Å². The monoisotopic (exact) mass is 381 g/mol. The van der Waals surface area contributed by atoms with Gasteiger partial charge in [0.2, 0.25) is 0 Å². The highest BCUT2D eigenvalue weighted by atomic mass is 15.3. The van der Waals surface area contributed by atoms with Gasteiger partial charge in [-0.25, -0.2) is 4.99 Å². The molecule has 0 radical (unpaired) electrons. The van der Waals surface area contributed by atoms with Crippen molar-refractivity contribution in [3.8, 4) is 0 Å². The summed E-state index contributed by atoms with van der Waals surface area (Å²) in [5.74, 6) is 2.47. The van der Waals surface area contributed by atoms with E-state index in [0.717, 1.165) is 48.7 Å². The maximum absolute atomic E-state index is 4.84. The molecule has 0 fully saturated rings. The van der Waals surface area contributed by atoms with E-state index in [4.69, 9.17) is 9.98 Å². The number of fused-ring (bicyclic) bond motifs is 1. The van der Waals surface area contributed by atoms with Crippen molar-refractivity contribution in [3.05, 3.63) is 41.3 Å². The van der Waals surface area contributed by atoms with Crippen molar-refractivity contribution in [2.45, 2.75) is 72.9 Å². The minimum atomic E-state index is 0.418. The molecule has 0 amide bonds. The van der Waals surface area contributed by atoms with Crippen molar-refractivity contribution in [1.29, 1.82) is 0 Å². The first kappa shape index (κ1) is 20.6. The lowest BCUT2D eigenvalue weighted by molar-refractivity contribution is 0.171. The molecule has 28 heavy (non-hydrogen) atoms. The van der Waals surface area contributed by atoms with Crippen LogP contribution in [0.1, 0.15) is 71.1 Å². The van der Waals surface area contributed by atoms with Crippen molar-refractivity contribution in [3.63, 3.8) is 0 Å². The number of amidine groups is 2. The highest BCUT2D eigenvalue weighted by Gasteiger charge is 2.30. The summed E-state index contributed by atoms with van der Waals surface area (Å²) in [7, 11) is 1.92. The van der Waals surface area contributed by atoms with Crippen LogP contribution in [0.25, 0.3) is 0 Å². The lowest BCUT2D eigenvalue weighted by atomic mass is 9.70. The third-order valence-electron chi connectivity index (χ3n) is 6.77. The van der Waals surface area contributed by atoms with Crippen LogP contribution in [0, 0.1) is 11.3 Å². The molecule has 1 aromatic rings. The van der Waals surface area contributed by atoms with E-state index in [-0.39, 0.29) is 0 Å². The highest BCUT2D eigenvalue weighted by Crippen LogP contribution is 2.40. The molecule has 0 saturated heterocycles. The SMILES string of the molecule is CCn1ncc2c1CN=C(CC1=CC[C@@H](C(C)(CC)CC)CC=C1)N=C2NC. The fourth-order valence-electron chi connectivity index (χ4n) is 4.28. The minimum Gasteiger partial charge on any atom is -0.372 e. The predicted octanol–water partition coefficient (Wildman–Crippen LogP) is 4.89. The lowest BCUT2D eigenvalue weighted by Gasteiger charge is -2.35. The lowest BCUT2D eigenvalue weighted by Crippen LogP contribution is -2.25. The van der Waals surface area contributed by atoms with Crippen LogP contribution >= 0.6 is 0 Å². The number of aromatic nitrogens is 2. The summed E-state index contributed by atoms with van der Waals surface area (Å²) in [5.41, 5.74) is 3.95. The summed E-state index contributed by atoms with van der Waals surface area (Å²) in [4.78, 5) is 9.66. The number of nitrogens with one attached hydrogen (secondary N) is 1. The van der Waals surface area contributed by atoms with Crippen molar-refractivity contribution in [2.75, 3.05) is 7.05 Å². The van der Waals surface area contributed by atoms with Crippen LogP contribution in [0.3, 0.4) is 0 Å². The Labute approximate surface area is 169 Å². The number of hydrogen-bond donors (Lipinski definition) is 1. The molecule has 5 nitrogen and oxygen atoms in total. The standard InChI is InChI=1S/C23H35N5/c1-6-23(4,7-2)18-11-9-10-17(12-13-18)14-21-25-16-20-19(22(24-5)27-21)15-26-28(20)8-3/h9-10,12,15,18H,6-8,11,13-14,16H2,1-5H3,(H,24,25,27)/t18-/m0/s1. The second-order valence-electron chi connectivity index (χ2n) is 8.15. The van der Waals surface area contributed by atoms with Crippen LogP contribution in [0.2, 0.25) is 0 Å². The summed E-state index contributed by atoms with van der Waals surface area (Å²) >= 11 is 0. The Kier molecular flexibility index (Phi) is 6.53. The average Bonchev–Trinajstić information content (AvgIpc) is 2.87. The summed E-state index contributed by atoms with van der Waals surface area (Å²) < 4.78 is 2.01. The molecule has 3 rings (SSSR count). The average molecular weight is 382 g/mol. The molecule has 1 aliphatic carbocycles. The zero-order valence-electron chi connectivity index (χ0n) is 18.1. The zero-order valence-corrected chi connectivity index (χ0v) is 18.1. The molecule has 0 unspecified atom stereocenters. The van der Waals surface area contributed by atoms with Gasteiger partial charge in [0, 0.05) is 20.0 Å². The molecule has 0 aromatic carbocycles. The fourth-order valence-corrected chi connectivity index (χ4v) is 4.28. The van der Waals surface area contributed by atoms with Gasteiger partial charge in [-0.1, -0.05) is 51.8 Å². The fraction of sp³-hybridized carbons (Fsp3) is 0.609. The Morgan fingerprint density at radius 2 is 2.00 bits per heavy atom. The minimum absolute atomic E-state index is 0.418. The van der Waals surface area contributed by atoms with Crippen molar-refractivity contribution in [2.24, 2.45) is 21.3 Å². The van der Waals surface area contributed by atoms with Gasteiger partial charge in [0.25, 0.3) is 0 Å². The van der Waals surface area contributed by atoms with Gasteiger partial charge in [-0.05, 0) is 36.7 Å². The van der Waals surface area contributed by atoms with Crippen molar-refractivity contribution >= 4 is 11.7 Å². The van der Waals surface area contributed by atoms with Gasteiger partial charge in [-0.15, -0.1) is 0 Å². The van der Waals surface area contributed by atoms with Crippen LogP contribution in [0.15, 0.2) is 40.0 Å². The topological polar surface area (TPSA) is 54.6 Å². The van der Waals surface area contributed by atoms with E-state index >= 15 is 0 Å². The van der Waals surface area contributed by atoms with Crippen LogP contribution in [0.4, 0.5) is 0 Å². The number of aliphatic imine (C=N–C) groups is 2. The molecule has 1 atom stereocenters. The molecule has 1 N–H and O–H groups in total. The van der Waals surface area contributed by atoms with E-state index in [0.29, 0.717) is 17.9 Å². The van der Waals surface area contributed by atoms with Crippen molar-refractivity contribution in [1.82, 2.24) is 15.1 Å². The second kappa shape index (κ2) is 8.89. The van der Waals surface area contributed by atoms with E-state index in [2.05, 4.69) is 56.3 Å². The van der Waals surface area contributed by atoms with Gasteiger partial charge >= 0.3 is 0 Å². The quantitative estimate of drug-likeness (QED) is 0.763. The second-order valence-corrected chi connectivity index (χ2v) is 8.15. The summed E-state index contributed by atoms with van der Waals surface area (Å²) in [6.45, 7) is 10.7. The third-order valence-corrected chi connectivity index (χ3v) is 6.77. The van der Waals surface area contributed by atoms with E-state index in [1.807, 2.05) is 17.9 Å². The molecular weight excluding hydrogens is 346 g/mol. The predicted molar refractivity (Wildman–Crippen MR) is 118 cm³/mol. The number of nitrogens with zero attached hydrogens (tertiary/aromatic N) is 4. The molecular formula is C23H35N5. The molecule has 1 aliphatic heterocycles. The molecule has 2 aliphatic rings. The Hall–Kier alpha value is -2.17. The Balaban J connectivity index is 1.78. The van der Waals surface area contributed by atoms with Crippen LogP contribution in [-0.4, -0.2) is 28.5 Å². The van der Waals surface area contributed by atoms with Gasteiger partial charge < -0.3 is 5.32 Å². The molecule has 0 bridgehead atoms. The molecule has 1 aromatic heterocycles. The van der Waals surface area contributed by atoms with Crippen molar-refractivity contribution < 1.29 is 0 Å². The molecule has 2 heterocycles. The van der Waals surface area contributed by atoms with E-state index < -0.39 is 0 Å². The normalized spacial score (nSPS) is 19.9. The number of aryl methyl sites for hydroxylation is 1. The van der Waals surface area contributed by atoms with Crippen LogP contribution < -0.4 is 5.32 Å². The first-order valence-corrected chi connectivity index (χ1v) is 10.7. The van der Waals surface area contributed by atoms with Crippen LogP contribution in [0.5, 0.6) is 0 Å². The molecule has 152 valence electrons. The van der Waals surface area contributed by atoms with Gasteiger partial charge in [-0.2, -0.15) is 5.10 Å². The number of rotatable bonds is 6. The third kappa shape index (κ3) is 4.13. The Morgan fingerprint density at radius 1 is 1.21 bits per heavy atom. The Morgan fingerprint density at radius 3 is 2.68 bits per heavy atom. The van der Waals surface area contributed by atoms with Gasteiger partial charge in [-0.3, -0.25) is 9.67 Å². The zero-order chi connectivity index (χ0) is 20.1. The molecule has 0 saturated carbocycles. The maximum atomic E-state index is 4.84. The Bertz CT molecular complexity index is 805. The number of hydrogen-bond acceptors (Lipinski definition) is 4. The maximum Gasteiger partial charge on any atom is 0.138 e. The van der Waals surface area contributed by atoms with Gasteiger partial charge in [0.1, 0.15) is 11.7 Å². The van der Waals surface area contributed by atoms with Gasteiger partial charge in [0.15, 0.2) is 0 Å². The largest absolute Gasteiger partial charge is 0.372 e. The first-order valence-electron chi connectivity index (χ1n) is 10.7. The van der Waals surface area contributed by atoms with Crippen LogP contribution in [-0.2, 0) is 13.1 Å². The van der Waals surface area contributed by atoms with Gasteiger partial charge in [0.05, 0.1) is 24.0 Å². The number of allylic oxidation sites excluding steroid dienone is 3. The highest BCUT2D eigenvalue weighted by molar-refractivity contribution is 6.08. The molecule has 0 spiro atoms. The summed E-state index contributed by atoms with van der Waals surface area (Å²) in [6.07, 6.45) is 14.5. The van der Waals surface area contributed by atoms with E-state index in [9.17, 15) is 0 Å². The summed E-state index contributed by atoms with van der Waals surface area (Å²) in [5, 5.41) is 7.70.